The zero-order chi connectivity index (χ0) is 19.4. The average Bonchev–Trinajstić information content (AvgIpc) is 3.13. The van der Waals surface area contributed by atoms with Gasteiger partial charge in [0, 0.05) is 30.4 Å². The van der Waals surface area contributed by atoms with Gasteiger partial charge in [0.15, 0.2) is 0 Å². The number of nitrogens with one attached hydrogen (secondary N) is 3. The van der Waals surface area contributed by atoms with Gasteiger partial charge in [-0.25, -0.2) is 4.98 Å². The highest BCUT2D eigenvalue weighted by Crippen LogP contribution is 2.18. The van der Waals surface area contributed by atoms with E-state index in [0.29, 0.717) is 30.3 Å². The Bertz CT molecular complexity index is 925. The third kappa shape index (κ3) is 4.53. The Morgan fingerprint density at radius 2 is 2.07 bits per heavy atom. The van der Waals surface area contributed by atoms with E-state index in [-0.39, 0.29) is 22.9 Å². The van der Waals surface area contributed by atoms with Gasteiger partial charge >= 0.3 is 0 Å². The number of nitrogens with zero attached hydrogens (tertiary/aromatic N) is 2. The van der Waals surface area contributed by atoms with Crippen LogP contribution in [0.1, 0.15) is 16.8 Å². The summed E-state index contributed by atoms with van der Waals surface area (Å²) in [6, 6.07) is 6.65. The molecule has 1 aromatic carbocycles. The van der Waals surface area contributed by atoms with Crippen LogP contribution < -0.4 is 16.2 Å². The Kier molecular flexibility index (Phi) is 5.56. The summed E-state index contributed by atoms with van der Waals surface area (Å²) >= 11 is 5.66. The van der Waals surface area contributed by atoms with Gasteiger partial charge in [0.05, 0.1) is 6.20 Å². The minimum atomic E-state index is -0.413. The van der Waals surface area contributed by atoms with E-state index in [9.17, 15) is 14.4 Å². The van der Waals surface area contributed by atoms with Gasteiger partial charge in [-0.15, -0.1) is 0 Å². The first-order valence-corrected chi connectivity index (χ1v) is 8.68. The van der Waals surface area contributed by atoms with Gasteiger partial charge in [0.2, 0.25) is 11.9 Å². The van der Waals surface area contributed by atoms with E-state index in [4.69, 9.17) is 11.6 Å². The quantitative estimate of drug-likeness (QED) is 0.679. The second-order valence-electron chi connectivity index (χ2n) is 6.06. The third-order valence-electron chi connectivity index (χ3n) is 4.16. The summed E-state index contributed by atoms with van der Waals surface area (Å²) in [4.78, 5) is 43.8. The van der Waals surface area contributed by atoms with E-state index in [1.165, 1.54) is 12.3 Å². The van der Waals surface area contributed by atoms with Crippen molar-refractivity contribution in [1.29, 1.82) is 0 Å². The molecule has 140 valence electrons. The van der Waals surface area contributed by atoms with Crippen LogP contribution >= 0.6 is 11.6 Å². The Morgan fingerprint density at radius 1 is 1.33 bits per heavy atom. The molecule has 2 amide bonds. The number of hydrogen-bond donors (Lipinski definition) is 3. The second-order valence-corrected chi connectivity index (χ2v) is 6.47. The van der Waals surface area contributed by atoms with Crippen molar-refractivity contribution < 1.29 is 9.59 Å². The Labute approximate surface area is 160 Å². The van der Waals surface area contributed by atoms with Crippen LogP contribution in [0.5, 0.6) is 0 Å². The van der Waals surface area contributed by atoms with Crippen LogP contribution in [0.4, 0.5) is 11.6 Å². The van der Waals surface area contributed by atoms with Gasteiger partial charge in [-0.3, -0.25) is 19.4 Å². The highest BCUT2D eigenvalue weighted by Gasteiger charge is 2.27. The van der Waals surface area contributed by atoms with Crippen molar-refractivity contribution in [2.75, 3.05) is 23.7 Å². The molecule has 0 spiro atoms. The van der Waals surface area contributed by atoms with Gasteiger partial charge in [-0.2, -0.15) is 0 Å². The summed E-state index contributed by atoms with van der Waals surface area (Å²) < 4.78 is 0. The number of anilines is 2. The second kappa shape index (κ2) is 8.05. The van der Waals surface area contributed by atoms with Gasteiger partial charge < -0.3 is 15.5 Å². The molecule has 1 aromatic heterocycles. The predicted octanol–water partition coefficient (Wildman–Crippen LogP) is 1.87. The lowest BCUT2D eigenvalue weighted by molar-refractivity contribution is -0.111. The maximum Gasteiger partial charge on any atom is 0.271 e. The number of carbonyl (C=O) groups is 2. The molecule has 0 saturated carbocycles. The fraction of sp³-hybridized carbons (Fsp3) is 0.222. The summed E-state index contributed by atoms with van der Waals surface area (Å²) in [5.74, 6) is -0.0825. The van der Waals surface area contributed by atoms with Crippen molar-refractivity contribution in [2.24, 2.45) is 0 Å². The molecule has 0 bridgehead atoms. The number of amides is 2. The summed E-state index contributed by atoms with van der Waals surface area (Å²) in [6.07, 6.45) is 3.19. The molecule has 8 nitrogen and oxygen atoms in total. The molecule has 9 heteroatoms. The molecule has 3 rings (SSSR count). The molecule has 3 N–H and O–H groups in total. The number of H-pyrrole nitrogens is 1. The first kappa shape index (κ1) is 18.7. The molecule has 1 aliphatic heterocycles. The SMILES string of the molecule is C=CC(=O)Nc1ccc(C(=O)N2CC[C@@H](Nc3ncc(Cl)c(=O)[nH]3)C2)cc1. The van der Waals surface area contributed by atoms with Crippen LogP contribution in [0.2, 0.25) is 5.02 Å². The zero-order valence-corrected chi connectivity index (χ0v) is 15.1. The molecular weight excluding hydrogens is 370 g/mol. The predicted molar refractivity (Wildman–Crippen MR) is 103 cm³/mol. The Hall–Kier alpha value is -3.13. The van der Waals surface area contributed by atoms with Crippen LogP contribution in [-0.4, -0.2) is 45.8 Å². The number of benzene rings is 1. The molecule has 0 aliphatic carbocycles. The van der Waals surface area contributed by atoms with Crippen molar-refractivity contribution >= 4 is 35.1 Å². The lowest BCUT2D eigenvalue weighted by Crippen LogP contribution is -2.32. The van der Waals surface area contributed by atoms with E-state index in [1.807, 2.05) is 0 Å². The highest BCUT2D eigenvalue weighted by molar-refractivity contribution is 6.30. The summed E-state index contributed by atoms with van der Waals surface area (Å²) in [6.45, 7) is 4.46. The van der Waals surface area contributed by atoms with Crippen molar-refractivity contribution in [3.05, 3.63) is 64.1 Å². The van der Waals surface area contributed by atoms with Crippen molar-refractivity contribution in [1.82, 2.24) is 14.9 Å². The highest BCUT2D eigenvalue weighted by atomic mass is 35.5. The van der Waals surface area contributed by atoms with E-state index in [2.05, 4.69) is 27.2 Å². The van der Waals surface area contributed by atoms with E-state index >= 15 is 0 Å². The molecule has 27 heavy (non-hydrogen) atoms. The smallest absolute Gasteiger partial charge is 0.271 e. The fourth-order valence-electron chi connectivity index (χ4n) is 2.78. The van der Waals surface area contributed by atoms with Crippen molar-refractivity contribution in [2.45, 2.75) is 12.5 Å². The number of rotatable bonds is 5. The Morgan fingerprint density at radius 3 is 2.74 bits per heavy atom. The molecule has 1 atom stereocenters. The van der Waals surface area contributed by atoms with Crippen LogP contribution in [0.3, 0.4) is 0 Å². The lowest BCUT2D eigenvalue weighted by Gasteiger charge is -2.17. The molecule has 1 saturated heterocycles. The molecule has 2 aromatic rings. The number of aromatic amines is 1. The molecule has 2 heterocycles. The maximum absolute atomic E-state index is 12.6. The normalized spacial score (nSPS) is 16.0. The molecule has 0 radical (unpaired) electrons. The molecule has 1 aliphatic rings. The first-order valence-electron chi connectivity index (χ1n) is 8.30. The maximum atomic E-state index is 12.6. The largest absolute Gasteiger partial charge is 0.351 e. The van der Waals surface area contributed by atoms with Crippen molar-refractivity contribution in [3.63, 3.8) is 0 Å². The minimum absolute atomic E-state index is 0.0237. The van der Waals surface area contributed by atoms with Crippen LogP contribution in [0, 0.1) is 0 Å². The first-order chi connectivity index (χ1) is 13.0. The fourth-order valence-corrected chi connectivity index (χ4v) is 2.88. The standard InChI is InChI=1S/C18H18ClN5O3/c1-2-15(25)21-12-5-3-11(4-6-12)17(27)24-8-7-13(10-24)22-18-20-9-14(19)16(26)23-18/h2-6,9,13H,1,7-8,10H2,(H,21,25)(H2,20,22,23,26)/t13-/m1/s1. The zero-order valence-electron chi connectivity index (χ0n) is 14.4. The summed E-state index contributed by atoms with van der Waals surface area (Å²) in [7, 11) is 0. The van der Waals surface area contributed by atoms with Crippen LogP contribution in [0.15, 0.2) is 47.9 Å². The van der Waals surface area contributed by atoms with E-state index in [0.717, 1.165) is 6.42 Å². The van der Waals surface area contributed by atoms with Gasteiger partial charge in [-0.1, -0.05) is 18.2 Å². The Balaban J connectivity index is 1.60. The number of hydrogen-bond acceptors (Lipinski definition) is 5. The average molecular weight is 388 g/mol. The van der Waals surface area contributed by atoms with Gasteiger partial charge in [-0.05, 0) is 36.8 Å². The number of carbonyl (C=O) groups excluding carboxylic acids is 2. The van der Waals surface area contributed by atoms with E-state index < -0.39 is 5.56 Å². The summed E-state index contributed by atoms with van der Waals surface area (Å²) in [5.41, 5.74) is 0.712. The number of aromatic nitrogens is 2. The topological polar surface area (TPSA) is 107 Å². The van der Waals surface area contributed by atoms with Crippen LogP contribution in [-0.2, 0) is 4.79 Å². The monoisotopic (exact) mass is 387 g/mol. The van der Waals surface area contributed by atoms with Crippen LogP contribution in [0.25, 0.3) is 0 Å². The summed E-state index contributed by atoms with van der Waals surface area (Å²) in [5, 5.41) is 5.76. The minimum Gasteiger partial charge on any atom is -0.351 e. The number of likely N-dealkylation sites (tertiary alicyclic amines) is 1. The van der Waals surface area contributed by atoms with Gasteiger partial charge in [0.25, 0.3) is 11.5 Å². The lowest BCUT2D eigenvalue weighted by atomic mass is 10.2. The molecular formula is C18H18ClN5O3. The van der Waals surface area contributed by atoms with Gasteiger partial charge in [0.1, 0.15) is 5.02 Å². The third-order valence-corrected chi connectivity index (χ3v) is 4.43. The molecule has 0 unspecified atom stereocenters. The molecule has 1 fully saturated rings. The van der Waals surface area contributed by atoms with Crippen molar-refractivity contribution in [3.8, 4) is 0 Å². The van der Waals surface area contributed by atoms with E-state index in [1.54, 1.807) is 29.2 Å². The number of halogens is 1.